The molecule has 1 aromatic heterocycles. The van der Waals surface area contributed by atoms with E-state index < -0.39 is 32.9 Å². The minimum absolute atomic E-state index is 0.191. The summed E-state index contributed by atoms with van der Waals surface area (Å²) in [5.74, 6) is -0.304. The van der Waals surface area contributed by atoms with Crippen molar-refractivity contribution < 1.29 is 26.7 Å². The van der Waals surface area contributed by atoms with Crippen molar-refractivity contribution in [3.63, 3.8) is 0 Å². The summed E-state index contributed by atoms with van der Waals surface area (Å²) in [4.78, 5) is 16.7. The van der Waals surface area contributed by atoms with Crippen molar-refractivity contribution in [3.05, 3.63) is 60.3 Å². The van der Waals surface area contributed by atoms with Gasteiger partial charge in [0.15, 0.2) is 15.0 Å². The molecule has 1 atom stereocenters. The number of ether oxygens (including phenoxy) is 1. The zero-order valence-electron chi connectivity index (χ0n) is 17.0. The van der Waals surface area contributed by atoms with E-state index in [0.717, 1.165) is 22.0 Å². The number of carbonyl (C=O) groups excluding carboxylic acids is 1. The molecule has 0 bridgehead atoms. The number of hydrogen-bond acceptors (Lipinski definition) is 8. The predicted octanol–water partition coefficient (Wildman–Crippen LogP) is 3.09. The molecule has 0 aliphatic carbocycles. The van der Waals surface area contributed by atoms with Gasteiger partial charge in [0.2, 0.25) is 0 Å². The van der Waals surface area contributed by atoms with Crippen LogP contribution in [0, 0.1) is 0 Å². The molecule has 0 radical (unpaired) electrons. The van der Waals surface area contributed by atoms with Gasteiger partial charge in [-0.05, 0) is 48.5 Å². The third kappa shape index (κ3) is 6.50. The van der Waals surface area contributed by atoms with Gasteiger partial charge in [-0.2, -0.15) is 0 Å². The topological polar surface area (TPSA) is 138 Å². The molecule has 0 saturated heterocycles. The molecular formula is C19H20N4O6S3. The van der Waals surface area contributed by atoms with E-state index in [1.54, 1.807) is 7.11 Å². The van der Waals surface area contributed by atoms with E-state index in [9.17, 15) is 22.0 Å². The summed E-state index contributed by atoms with van der Waals surface area (Å²) in [6, 6.07) is 13.0. The lowest BCUT2D eigenvalue weighted by Crippen LogP contribution is -2.30. The molecule has 1 heterocycles. The van der Waals surface area contributed by atoms with Gasteiger partial charge < -0.3 is 15.4 Å². The van der Waals surface area contributed by atoms with Crippen LogP contribution in [0.3, 0.4) is 0 Å². The lowest BCUT2D eigenvalue weighted by Gasteiger charge is -2.18. The second kappa shape index (κ2) is 10.1. The lowest BCUT2D eigenvalue weighted by molar-refractivity contribution is 0.102. The summed E-state index contributed by atoms with van der Waals surface area (Å²) >= 11 is -1.29. The van der Waals surface area contributed by atoms with Gasteiger partial charge in [-0.15, -0.1) is 0 Å². The summed E-state index contributed by atoms with van der Waals surface area (Å²) in [5.41, 5.74) is 1.29. The molecule has 10 nitrogen and oxygen atoms in total. The van der Waals surface area contributed by atoms with Crippen molar-refractivity contribution in [1.29, 1.82) is 0 Å². The van der Waals surface area contributed by atoms with Crippen LogP contribution >= 0.6 is 11.3 Å². The molecule has 3 N–H and O–H groups in total. The number of methoxy groups -OCH3 is 1. The van der Waals surface area contributed by atoms with Gasteiger partial charge in [0.1, 0.15) is 16.6 Å². The van der Waals surface area contributed by atoms with E-state index in [1.807, 2.05) is 24.3 Å². The highest BCUT2D eigenvalue weighted by molar-refractivity contribution is 7.92. The highest BCUT2D eigenvalue weighted by Gasteiger charge is 2.18. The standard InChI is InChI=1S/C19H20N4O6S3/c1-29-16-9-5-14(6-10-16)21-19-20-11-17(30-19)22-18(24)13-3-7-15(8-4-13)23(31(25)26)12-32(2,27)28/h3-11H,12H2,1-2H3,(H,20,21)(H,22,24)(H,25,26). The molecule has 0 aliphatic rings. The second-order valence-corrected chi connectivity index (χ2v) is 10.6. The molecule has 1 unspecified atom stereocenters. The summed E-state index contributed by atoms with van der Waals surface area (Å²) in [6.07, 6.45) is 2.48. The Morgan fingerprint density at radius 2 is 1.84 bits per heavy atom. The molecule has 0 spiro atoms. The van der Waals surface area contributed by atoms with Crippen molar-refractivity contribution in [1.82, 2.24) is 4.98 Å². The van der Waals surface area contributed by atoms with Gasteiger partial charge in [-0.3, -0.25) is 13.7 Å². The maximum Gasteiger partial charge on any atom is 0.262 e. The first-order chi connectivity index (χ1) is 15.1. The number of hydrogen-bond donors (Lipinski definition) is 3. The van der Waals surface area contributed by atoms with Crippen LogP contribution in [0.25, 0.3) is 0 Å². The Balaban J connectivity index is 1.65. The molecule has 32 heavy (non-hydrogen) atoms. The predicted molar refractivity (Wildman–Crippen MR) is 126 cm³/mol. The Kier molecular flexibility index (Phi) is 7.45. The SMILES string of the molecule is COc1ccc(Nc2ncc(NC(=O)c3ccc(N(CS(C)(=O)=O)S(=O)O)cc3)s2)cc1. The zero-order valence-corrected chi connectivity index (χ0v) is 19.5. The van der Waals surface area contributed by atoms with Crippen LogP contribution in [0.5, 0.6) is 5.75 Å². The van der Waals surface area contributed by atoms with Crippen LogP contribution in [0.4, 0.5) is 21.5 Å². The molecule has 170 valence electrons. The largest absolute Gasteiger partial charge is 0.497 e. The summed E-state index contributed by atoms with van der Waals surface area (Å²) < 4.78 is 49.7. The molecule has 3 rings (SSSR count). The Bertz CT molecular complexity index is 1210. The Morgan fingerprint density at radius 1 is 1.19 bits per heavy atom. The van der Waals surface area contributed by atoms with Crippen molar-refractivity contribution in [2.24, 2.45) is 0 Å². The fourth-order valence-corrected chi connectivity index (χ4v) is 5.12. The van der Waals surface area contributed by atoms with Gasteiger partial charge >= 0.3 is 0 Å². The Morgan fingerprint density at radius 3 is 2.41 bits per heavy atom. The molecule has 2 aromatic carbocycles. The molecular weight excluding hydrogens is 476 g/mol. The fraction of sp³-hybridized carbons (Fsp3) is 0.158. The Hall–Kier alpha value is -3.00. The number of amides is 1. The zero-order chi connectivity index (χ0) is 23.3. The number of nitrogens with one attached hydrogen (secondary N) is 2. The number of rotatable bonds is 9. The van der Waals surface area contributed by atoms with Crippen LogP contribution in [0.1, 0.15) is 10.4 Å². The van der Waals surface area contributed by atoms with Gasteiger partial charge in [-0.25, -0.2) is 17.6 Å². The number of thiazole rings is 1. The van der Waals surface area contributed by atoms with Crippen molar-refractivity contribution >= 4 is 59.9 Å². The fourth-order valence-electron chi connectivity index (χ4n) is 2.57. The van der Waals surface area contributed by atoms with Gasteiger partial charge in [-0.1, -0.05) is 11.3 Å². The van der Waals surface area contributed by atoms with Crippen LogP contribution in [0.15, 0.2) is 54.7 Å². The molecule has 3 aromatic rings. The summed E-state index contributed by atoms with van der Waals surface area (Å²) in [6.45, 7) is 0. The quantitative estimate of drug-likeness (QED) is 0.384. The van der Waals surface area contributed by atoms with Gasteiger partial charge in [0.05, 0.1) is 19.0 Å². The maximum absolute atomic E-state index is 12.5. The molecule has 13 heteroatoms. The minimum Gasteiger partial charge on any atom is -0.497 e. The minimum atomic E-state index is -3.53. The maximum atomic E-state index is 12.5. The summed E-state index contributed by atoms with van der Waals surface area (Å²) in [7, 11) is -1.94. The van der Waals surface area contributed by atoms with E-state index in [1.165, 1.54) is 41.8 Å². The third-order valence-electron chi connectivity index (χ3n) is 4.04. The van der Waals surface area contributed by atoms with Crippen molar-refractivity contribution in [2.75, 3.05) is 34.2 Å². The van der Waals surface area contributed by atoms with Crippen LogP contribution in [-0.4, -0.2) is 47.3 Å². The third-order valence-corrected chi connectivity index (χ3v) is 6.48. The average Bonchev–Trinajstić information content (AvgIpc) is 3.18. The molecule has 0 saturated carbocycles. The smallest absolute Gasteiger partial charge is 0.262 e. The van der Waals surface area contributed by atoms with E-state index in [0.29, 0.717) is 10.1 Å². The van der Waals surface area contributed by atoms with Crippen LogP contribution < -0.4 is 19.7 Å². The molecule has 1 amide bonds. The first-order valence-electron chi connectivity index (χ1n) is 8.99. The van der Waals surface area contributed by atoms with Gasteiger partial charge in [0, 0.05) is 17.5 Å². The number of benzene rings is 2. The number of nitrogens with zero attached hydrogens (tertiary/aromatic N) is 2. The average molecular weight is 497 g/mol. The number of aromatic nitrogens is 1. The molecule has 0 fully saturated rings. The normalized spacial score (nSPS) is 12.1. The summed E-state index contributed by atoms with van der Waals surface area (Å²) in [5, 5.41) is 6.97. The number of carbonyl (C=O) groups is 1. The number of anilines is 4. The monoisotopic (exact) mass is 496 g/mol. The van der Waals surface area contributed by atoms with Crippen LogP contribution in [-0.2, 0) is 21.1 Å². The van der Waals surface area contributed by atoms with E-state index in [-0.39, 0.29) is 11.3 Å². The second-order valence-electron chi connectivity index (χ2n) is 6.55. The number of sulfone groups is 1. The van der Waals surface area contributed by atoms with Crippen LogP contribution in [0.2, 0.25) is 0 Å². The van der Waals surface area contributed by atoms with Crippen molar-refractivity contribution in [3.8, 4) is 5.75 Å². The first-order valence-corrected chi connectivity index (χ1v) is 12.9. The van der Waals surface area contributed by atoms with Crippen molar-refractivity contribution in [2.45, 2.75) is 0 Å². The van der Waals surface area contributed by atoms with E-state index in [4.69, 9.17) is 4.74 Å². The highest BCUT2D eigenvalue weighted by Crippen LogP contribution is 2.27. The first kappa shape index (κ1) is 23.7. The molecule has 0 aliphatic heterocycles. The lowest BCUT2D eigenvalue weighted by atomic mass is 10.2. The Labute approximate surface area is 191 Å². The van der Waals surface area contributed by atoms with E-state index >= 15 is 0 Å². The highest BCUT2D eigenvalue weighted by atomic mass is 32.2. The van der Waals surface area contributed by atoms with E-state index in [2.05, 4.69) is 15.6 Å². The van der Waals surface area contributed by atoms with Gasteiger partial charge in [0.25, 0.3) is 17.2 Å².